The highest BCUT2D eigenvalue weighted by Gasteiger charge is 2.22. The molecule has 0 bridgehead atoms. The summed E-state index contributed by atoms with van der Waals surface area (Å²) in [6.07, 6.45) is 1.05. The van der Waals surface area contributed by atoms with Gasteiger partial charge in [-0.15, -0.1) is 11.8 Å². The van der Waals surface area contributed by atoms with Gasteiger partial charge in [-0.05, 0) is 30.2 Å². The van der Waals surface area contributed by atoms with Gasteiger partial charge in [0, 0.05) is 27.3 Å². The van der Waals surface area contributed by atoms with E-state index in [-0.39, 0.29) is 0 Å². The molecule has 1 heterocycles. The van der Waals surface area contributed by atoms with Gasteiger partial charge in [-0.2, -0.15) is 0 Å². The van der Waals surface area contributed by atoms with Crippen molar-refractivity contribution in [3.05, 3.63) is 58.6 Å². The van der Waals surface area contributed by atoms with Crippen molar-refractivity contribution in [2.75, 3.05) is 6.61 Å². The molecule has 104 valence electrons. The summed E-state index contributed by atoms with van der Waals surface area (Å²) in [5.74, 6) is 0.802. The zero-order chi connectivity index (χ0) is 13.9. The first-order valence-corrected chi connectivity index (χ1v) is 7.88. The average molecular weight is 306 g/mol. The Balaban J connectivity index is 1.66. The Kier molecular flexibility index (Phi) is 4.20. The lowest BCUT2D eigenvalue weighted by Crippen LogP contribution is -2.14. The van der Waals surface area contributed by atoms with Crippen LogP contribution in [-0.2, 0) is 13.0 Å². The SMILES string of the molecule is NCc1c(Cl)cccc1OCC1Cc2ccccc2S1. The topological polar surface area (TPSA) is 35.2 Å². The summed E-state index contributed by atoms with van der Waals surface area (Å²) in [7, 11) is 0. The molecule has 1 atom stereocenters. The fourth-order valence-corrected chi connectivity index (χ4v) is 3.86. The van der Waals surface area contributed by atoms with Crippen LogP contribution in [0.4, 0.5) is 0 Å². The second-order valence-electron chi connectivity index (χ2n) is 4.78. The second-order valence-corrected chi connectivity index (χ2v) is 6.53. The summed E-state index contributed by atoms with van der Waals surface area (Å²) in [4.78, 5) is 1.37. The minimum atomic E-state index is 0.396. The molecule has 0 fully saturated rings. The van der Waals surface area contributed by atoms with Gasteiger partial charge < -0.3 is 10.5 Å². The minimum absolute atomic E-state index is 0.396. The van der Waals surface area contributed by atoms with Crippen molar-refractivity contribution in [3.63, 3.8) is 0 Å². The third-order valence-corrected chi connectivity index (χ3v) is 5.06. The van der Waals surface area contributed by atoms with Gasteiger partial charge in [0.15, 0.2) is 0 Å². The first-order valence-electron chi connectivity index (χ1n) is 6.62. The van der Waals surface area contributed by atoms with E-state index in [4.69, 9.17) is 22.1 Å². The Hall–Kier alpha value is -1.16. The van der Waals surface area contributed by atoms with Gasteiger partial charge in [0.2, 0.25) is 0 Å². The van der Waals surface area contributed by atoms with Crippen LogP contribution in [-0.4, -0.2) is 11.9 Å². The van der Waals surface area contributed by atoms with E-state index in [9.17, 15) is 0 Å². The number of halogens is 1. The highest BCUT2D eigenvalue weighted by atomic mass is 35.5. The maximum atomic E-state index is 6.13. The number of ether oxygens (including phenoxy) is 1. The summed E-state index contributed by atoms with van der Waals surface area (Å²) in [6.45, 7) is 1.07. The molecule has 1 aliphatic rings. The number of thioether (sulfide) groups is 1. The molecule has 2 aromatic rings. The van der Waals surface area contributed by atoms with Crippen molar-refractivity contribution in [1.29, 1.82) is 0 Å². The van der Waals surface area contributed by atoms with E-state index in [2.05, 4.69) is 24.3 Å². The molecular formula is C16H16ClNOS. The predicted molar refractivity (Wildman–Crippen MR) is 84.6 cm³/mol. The normalized spacial score (nSPS) is 17.0. The lowest BCUT2D eigenvalue weighted by Gasteiger charge is -2.14. The molecule has 0 aromatic heterocycles. The van der Waals surface area contributed by atoms with E-state index in [0.717, 1.165) is 17.7 Å². The molecule has 0 radical (unpaired) electrons. The van der Waals surface area contributed by atoms with Crippen LogP contribution in [0.25, 0.3) is 0 Å². The number of nitrogens with two attached hydrogens (primary N) is 1. The Morgan fingerprint density at radius 2 is 2.05 bits per heavy atom. The molecule has 0 aliphatic carbocycles. The molecule has 20 heavy (non-hydrogen) atoms. The van der Waals surface area contributed by atoms with Crippen LogP contribution in [0, 0.1) is 0 Å². The molecule has 0 spiro atoms. The number of benzene rings is 2. The highest BCUT2D eigenvalue weighted by Crippen LogP contribution is 2.37. The van der Waals surface area contributed by atoms with Crippen molar-refractivity contribution in [2.24, 2.45) is 5.73 Å². The molecule has 2 N–H and O–H groups in total. The van der Waals surface area contributed by atoms with Crippen molar-refractivity contribution in [3.8, 4) is 5.75 Å². The molecule has 0 amide bonds. The minimum Gasteiger partial charge on any atom is -0.492 e. The summed E-state index contributed by atoms with van der Waals surface area (Å²) in [6, 6.07) is 14.2. The van der Waals surface area contributed by atoms with Gasteiger partial charge in [-0.1, -0.05) is 35.9 Å². The van der Waals surface area contributed by atoms with E-state index in [0.29, 0.717) is 23.4 Å². The lowest BCUT2D eigenvalue weighted by atomic mass is 10.1. The zero-order valence-electron chi connectivity index (χ0n) is 11.0. The number of hydrogen-bond donors (Lipinski definition) is 1. The average Bonchev–Trinajstić information content (AvgIpc) is 2.88. The fourth-order valence-electron chi connectivity index (χ4n) is 2.40. The molecule has 0 saturated heterocycles. The maximum absolute atomic E-state index is 6.13. The molecule has 2 aromatic carbocycles. The Morgan fingerprint density at radius 1 is 1.20 bits per heavy atom. The molecule has 1 unspecified atom stereocenters. The maximum Gasteiger partial charge on any atom is 0.125 e. The van der Waals surface area contributed by atoms with Gasteiger partial charge in [0.05, 0.1) is 0 Å². The number of rotatable bonds is 4. The summed E-state index contributed by atoms with van der Waals surface area (Å²) in [5, 5.41) is 1.13. The number of fused-ring (bicyclic) bond motifs is 1. The zero-order valence-corrected chi connectivity index (χ0v) is 12.6. The monoisotopic (exact) mass is 305 g/mol. The Labute approximate surface area is 128 Å². The van der Waals surface area contributed by atoms with E-state index < -0.39 is 0 Å². The van der Waals surface area contributed by atoms with E-state index >= 15 is 0 Å². The molecular weight excluding hydrogens is 290 g/mol. The van der Waals surface area contributed by atoms with E-state index in [1.807, 2.05) is 30.0 Å². The third-order valence-electron chi connectivity index (χ3n) is 3.42. The molecule has 3 rings (SSSR count). The van der Waals surface area contributed by atoms with Crippen LogP contribution in [0.2, 0.25) is 5.02 Å². The molecule has 4 heteroatoms. The van der Waals surface area contributed by atoms with Crippen molar-refractivity contribution >= 4 is 23.4 Å². The van der Waals surface area contributed by atoms with Crippen LogP contribution in [0.15, 0.2) is 47.4 Å². The van der Waals surface area contributed by atoms with Crippen LogP contribution in [0.3, 0.4) is 0 Å². The first-order chi connectivity index (χ1) is 9.78. The van der Waals surface area contributed by atoms with Gasteiger partial charge in [-0.3, -0.25) is 0 Å². The van der Waals surface area contributed by atoms with Crippen molar-refractivity contribution in [1.82, 2.24) is 0 Å². The van der Waals surface area contributed by atoms with E-state index in [1.165, 1.54) is 10.5 Å². The van der Waals surface area contributed by atoms with Gasteiger partial charge in [0.25, 0.3) is 0 Å². The van der Waals surface area contributed by atoms with Gasteiger partial charge in [-0.25, -0.2) is 0 Å². The smallest absolute Gasteiger partial charge is 0.125 e. The second kappa shape index (κ2) is 6.08. The van der Waals surface area contributed by atoms with Gasteiger partial charge >= 0.3 is 0 Å². The molecule has 0 saturated carbocycles. The van der Waals surface area contributed by atoms with Crippen molar-refractivity contribution < 1.29 is 4.74 Å². The summed E-state index contributed by atoms with van der Waals surface area (Å²) in [5.41, 5.74) is 8.03. The number of hydrogen-bond acceptors (Lipinski definition) is 3. The van der Waals surface area contributed by atoms with Crippen LogP contribution >= 0.6 is 23.4 Å². The van der Waals surface area contributed by atoms with Crippen LogP contribution < -0.4 is 10.5 Å². The standard InChI is InChI=1S/C16H16ClNOS/c17-14-5-3-6-15(13(14)9-18)19-10-12-8-11-4-1-2-7-16(11)20-12/h1-7,12H,8-10,18H2. The Morgan fingerprint density at radius 3 is 2.85 bits per heavy atom. The quantitative estimate of drug-likeness (QED) is 0.930. The third kappa shape index (κ3) is 2.80. The van der Waals surface area contributed by atoms with E-state index in [1.54, 1.807) is 0 Å². The summed E-state index contributed by atoms with van der Waals surface area (Å²) < 4.78 is 5.94. The largest absolute Gasteiger partial charge is 0.492 e. The molecule has 2 nitrogen and oxygen atoms in total. The van der Waals surface area contributed by atoms with Gasteiger partial charge in [0.1, 0.15) is 12.4 Å². The van der Waals surface area contributed by atoms with Crippen LogP contribution in [0.5, 0.6) is 5.75 Å². The molecule has 1 aliphatic heterocycles. The lowest BCUT2D eigenvalue weighted by molar-refractivity contribution is 0.314. The van der Waals surface area contributed by atoms with Crippen molar-refractivity contribution in [2.45, 2.75) is 23.1 Å². The first kappa shape index (κ1) is 13.8. The predicted octanol–water partition coefficient (Wildman–Crippen LogP) is 3.89. The van der Waals surface area contributed by atoms with Crippen LogP contribution in [0.1, 0.15) is 11.1 Å². The fraction of sp³-hybridized carbons (Fsp3) is 0.250. The highest BCUT2D eigenvalue weighted by molar-refractivity contribution is 8.00. The summed E-state index contributed by atoms with van der Waals surface area (Å²) >= 11 is 8.02. The Bertz CT molecular complexity index is 592.